The lowest BCUT2D eigenvalue weighted by Gasteiger charge is -2.06. The highest BCUT2D eigenvalue weighted by atomic mass is 16.5. The van der Waals surface area contributed by atoms with Crippen LogP contribution in [0.1, 0.15) is 0 Å². The van der Waals surface area contributed by atoms with Crippen molar-refractivity contribution in [3.8, 4) is 11.6 Å². The van der Waals surface area contributed by atoms with Gasteiger partial charge in [-0.15, -0.1) is 0 Å². The molecule has 0 aliphatic carbocycles. The van der Waals surface area contributed by atoms with Gasteiger partial charge in [-0.2, -0.15) is 0 Å². The maximum absolute atomic E-state index is 5.44. The number of rotatable bonds is 5. The Morgan fingerprint density at radius 2 is 1.94 bits per heavy atom. The van der Waals surface area contributed by atoms with Gasteiger partial charge in [0.05, 0.1) is 19.2 Å². The summed E-state index contributed by atoms with van der Waals surface area (Å²) in [4.78, 5) is 4.39. The van der Waals surface area contributed by atoms with Gasteiger partial charge in [-0.3, -0.25) is 0 Å². The van der Waals surface area contributed by atoms with Gasteiger partial charge in [0.1, 0.15) is 12.4 Å². The Bertz CT molecular complexity index is 499. The van der Waals surface area contributed by atoms with Crippen LogP contribution in [0.5, 0.6) is 11.6 Å². The van der Waals surface area contributed by atoms with E-state index in [1.165, 1.54) is 0 Å². The van der Waals surface area contributed by atoms with Crippen molar-refractivity contribution in [1.29, 1.82) is 0 Å². The Labute approximate surface area is 100 Å². The number of methoxy groups -OCH3 is 2. The molecule has 0 aliphatic rings. The van der Waals surface area contributed by atoms with Crippen molar-refractivity contribution >= 4 is 10.9 Å². The molecular formula is C13H15NO3. The van der Waals surface area contributed by atoms with Crippen molar-refractivity contribution in [2.24, 2.45) is 0 Å². The van der Waals surface area contributed by atoms with Crippen molar-refractivity contribution in [3.63, 3.8) is 0 Å². The Kier molecular flexibility index (Phi) is 3.77. The number of aromatic nitrogens is 1. The number of hydrogen-bond acceptors (Lipinski definition) is 4. The van der Waals surface area contributed by atoms with Crippen LogP contribution in [0.2, 0.25) is 0 Å². The number of fused-ring (bicyclic) bond motifs is 1. The fraction of sp³-hybridized carbons (Fsp3) is 0.308. The van der Waals surface area contributed by atoms with Crippen LogP contribution in [0.4, 0.5) is 0 Å². The van der Waals surface area contributed by atoms with Crippen LogP contribution < -0.4 is 9.47 Å². The lowest BCUT2D eigenvalue weighted by Crippen LogP contribution is -2.05. The largest absolute Gasteiger partial charge is 0.497 e. The molecule has 17 heavy (non-hydrogen) atoms. The Hall–Kier alpha value is -1.81. The third kappa shape index (κ3) is 2.85. The SMILES string of the molecule is COCCOc1ccc2cc(OC)ccc2n1. The first-order valence-electron chi connectivity index (χ1n) is 5.40. The quantitative estimate of drug-likeness (QED) is 0.743. The van der Waals surface area contributed by atoms with E-state index in [2.05, 4.69) is 4.98 Å². The molecular weight excluding hydrogens is 218 g/mol. The van der Waals surface area contributed by atoms with Gasteiger partial charge in [-0.25, -0.2) is 4.98 Å². The first-order valence-corrected chi connectivity index (χ1v) is 5.40. The Balaban J connectivity index is 2.19. The number of ether oxygens (including phenoxy) is 3. The highest BCUT2D eigenvalue weighted by Gasteiger charge is 2.00. The Morgan fingerprint density at radius 3 is 2.71 bits per heavy atom. The molecule has 0 saturated carbocycles. The van der Waals surface area contributed by atoms with Crippen LogP contribution in [-0.2, 0) is 4.74 Å². The molecule has 0 spiro atoms. The van der Waals surface area contributed by atoms with Crippen LogP contribution in [0.25, 0.3) is 10.9 Å². The smallest absolute Gasteiger partial charge is 0.213 e. The van der Waals surface area contributed by atoms with E-state index in [0.29, 0.717) is 19.1 Å². The van der Waals surface area contributed by atoms with Gasteiger partial charge < -0.3 is 14.2 Å². The summed E-state index contributed by atoms with van der Waals surface area (Å²) in [6.07, 6.45) is 0. The first kappa shape index (κ1) is 11.7. The van der Waals surface area contributed by atoms with Crippen LogP contribution in [0.15, 0.2) is 30.3 Å². The monoisotopic (exact) mass is 233 g/mol. The van der Waals surface area contributed by atoms with Gasteiger partial charge in [0.15, 0.2) is 0 Å². The molecule has 4 heteroatoms. The molecule has 1 heterocycles. The molecule has 0 amide bonds. The molecule has 1 aromatic carbocycles. The summed E-state index contributed by atoms with van der Waals surface area (Å²) in [5, 5.41) is 1.03. The predicted octanol–water partition coefficient (Wildman–Crippen LogP) is 2.27. The topological polar surface area (TPSA) is 40.6 Å². The molecule has 0 unspecified atom stereocenters. The average Bonchev–Trinajstić information content (AvgIpc) is 2.38. The van der Waals surface area contributed by atoms with Gasteiger partial charge in [-0.1, -0.05) is 0 Å². The Morgan fingerprint density at radius 1 is 1.06 bits per heavy atom. The standard InChI is InChI=1S/C13H15NO3/c1-15-7-8-17-13-6-3-10-9-11(16-2)4-5-12(10)14-13/h3-6,9H,7-8H2,1-2H3. The molecule has 90 valence electrons. The van der Waals surface area contributed by atoms with Gasteiger partial charge in [0.2, 0.25) is 5.88 Å². The number of nitrogens with zero attached hydrogens (tertiary/aromatic N) is 1. The van der Waals surface area contributed by atoms with Crippen LogP contribution in [0, 0.1) is 0 Å². The second kappa shape index (κ2) is 5.50. The van der Waals surface area contributed by atoms with E-state index >= 15 is 0 Å². The van der Waals surface area contributed by atoms with E-state index < -0.39 is 0 Å². The average molecular weight is 233 g/mol. The first-order chi connectivity index (χ1) is 8.33. The second-order valence-corrected chi connectivity index (χ2v) is 3.55. The van der Waals surface area contributed by atoms with Crippen LogP contribution >= 0.6 is 0 Å². The van der Waals surface area contributed by atoms with Gasteiger partial charge in [0.25, 0.3) is 0 Å². The number of benzene rings is 1. The number of pyridine rings is 1. The maximum Gasteiger partial charge on any atom is 0.213 e. The van der Waals surface area contributed by atoms with E-state index in [1.54, 1.807) is 14.2 Å². The molecule has 0 bridgehead atoms. The summed E-state index contributed by atoms with van der Waals surface area (Å²) in [6, 6.07) is 9.55. The zero-order valence-electron chi connectivity index (χ0n) is 9.97. The second-order valence-electron chi connectivity index (χ2n) is 3.55. The van der Waals surface area contributed by atoms with Crippen LogP contribution in [0.3, 0.4) is 0 Å². The fourth-order valence-corrected chi connectivity index (χ4v) is 1.52. The molecule has 0 N–H and O–H groups in total. The minimum absolute atomic E-state index is 0.505. The van der Waals surface area contributed by atoms with Crippen molar-refractivity contribution in [2.45, 2.75) is 0 Å². The normalized spacial score (nSPS) is 10.5. The van der Waals surface area contributed by atoms with Gasteiger partial charge in [-0.05, 0) is 24.3 Å². The molecule has 0 saturated heterocycles. The third-order valence-corrected chi connectivity index (χ3v) is 2.41. The summed E-state index contributed by atoms with van der Waals surface area (Å²) in [7, 11) is 3.29. The third-order valence-electron chi connectivity index (χ3n) is 2.41. The fourth-order valence-electron chi connectivity index (χ4n) is 1.52. The zero-order chi connectivity index (χ0) is 12.1. The summed E-state index contributed by atoms with van der Waals surface area (Å²) in [5.41, 5.74) is 0.890. The summed E-state index contributed by atoms with van der Waals surface area (Å²) >= 11 is 0. The maximum atomic E-state index is 5.44. The lowest BCUT2D eigenvalue weighted by atomic mass is 10.2. The molecule has 2 aromatic rings. The highest BCUT2D eigenvalue weighted by molar-refractivity contribution is 5.80. The van der Waals surface area contributed by atoms with Crippen molar-refractivity contribution in [1.82, 2.24) is 4.98 Å². The summed E-state index contributed by atoms with van der Waals surface area (Å²) < 4.78 is 15.5. The lowest BCUT2D eigenvalue weighted by molar-refractivity contribution is 0.144. The van der Waals surface area contributed by atoms with E-state index in [0.717, 1.165) is 16.7 Å². The summed E-state index contributed by atoms with van der Waals surface area (Å²) in [6.45, 7) is 1.06. The minimum atomic E-state index is 0.505. The van der Waals surface area contributed by atoms with Crippen molar-refractivity contribution < 1.29 is 14.2 Å². The molecule has 0 aliphatic heterocycles. The van der Waals surface area contributed by atoms with Gasteiger partial charge >= 0.3 is 0 Å². The number of hydrogen-bond donors (Lipinski definition) is 0. The molecule has 1 aromatic heterocycles. The van der Waals surface area contributed by atoms with E-state index in [4.69, 9.17) is 14.2 Å². The minimum Gasteiger partial charge on any atom is -0.497 e. The van der Waals surface area contributed by atoms with Crippen molar-refractivity contribution in [3.05, 3.63) is 30.3 Å². The zero-order valence-corrected chi connectivity index (χ0v) is 9.97. The van der Waals surface area contributed by atoms with Crippen molar-refractivity contribution in [2.75, 3.05) is 27.4 Å². The summed E-state index contributed by atoms with van der Waals surface area (Å²) in [5.74, 6) is 1.44. The van der Waals surface area contributed by atoms with E-state index in [9.17, 15) is 0 Å². The highest BCUT2D eigenvalue weighted by Crippen LogP contribution is 2.21. The van der Waals surface area contributed by atoms with Crippen LogP contribution in [-0.4, -0.2) is 32.4 Å². The van der Waals surface area contributed by atoms with Gasteiger partial charge in [0, 0.05) is 18.6 Å². The van der Waals surface area contributed by atoms with E-state index in [1.807, 2.05) is 30.3 Å². The molecule has 0 atom stereocenters. The molecule has 0 fully saturated rings. The molecule has 0 radical (unpaired) electrons. The van der Waals surface area contributed by atoms with E-state index in [-0.39, 0.29) is 0 Å². The predicted molar refractivity (Wildman–Crippen MR) is 65.7 cm³/mol. The molecule has 4 nitrogen and oxygen atoms in total. The molecule has 2 rings (SSSR count).